The lowest BCUT2D eigenvalue weighted by molar-refractivity contribution is -0.115. The van der Waals surface area contributed by atoms with Crippen molar-refractivity contribution < 1.29 is 17.6 Å². The maximum absolute atomic E-state index is 12.7. The van der Waals surface area contributed by atoms with Crippen LogP contribution in [0.25, 0.3) is 11.0 Å². The summed E-state index contributed by atoms with van der Waals surface area (Å²) in [5.41, 5.74) is 3.76. The second-order valence-corrected chi connectivity index (χ2v) is 9.24. The van der Waals surface area contributed by atoms with E-state index in [1.165, 1.54) is 12.1 Å². The Bertz CT molecular complexity index is 1390. The molecule has 0 aliphatic heterocycles. The molecule has 8 nitrogen and oxygen atoms in total. The topological polar surface area (TPSA) is 114 Å². The number of fused-ring (bicyclic) bond motifs is 1. The van der Waals surface area contributed by atoms with Crippen LogP contribution in [0, 0.1) is 20.8 Å². The second-order valence-electron chi connectivity index (χ2n) is 7.56. The molecule has 0 saturated heterocycles. The molecular weight excluding hydrogens is 428 g/mol. The van der Waals surface area contributed by atoms with Gasteiger partial charge in [0.15, 0.2) is 0 Å². The van der Waals surface area contributed by atoms with Gasteiger partial charge in [-0.2, -0.15) is 0 Å². The van der Waals surface area contributed by atoms with E-state index in [1.807, 2.05) is 25.1 Å². The highest BCUT2D eigenvalue weighted by Gasteiger charge is 2.16. The van der Waals surface area contributed by atoms with Gasteiger partial charge in [0, 0.05) is 28.4 Å². The molecule has 0 unspecified atom stereocenters. The number of carbonyl (C=O) groups excluding carboxylic acids is 1. The zero-order valence-electron chi connectivity index (χ0n) is 17.8. The molecule has 4 rings (SSSR count). The highest BCUT2D eigenvalue weighted by molar-refractivity contribution is 7.92. The van der Waals surface area contributed by atoms with E-state index in [1.54, 1.807) is 38.3 Å². The number of nitrogens with one attached hydrogen (secondary N) is 2. The van der Waals surface area contributed by atoms with Gasteiger partial charge in [-0.1, -0.05) is 11.6 Å². The first kappa shape index (κ1) is 21.5. The van der Waals surface area contributed by atoms with Gasteiger partial charge in [0.25, 0.3) is 10.0 Å². The zero-order chi connectivity index (χ0) is 22.9. The fourth-order valence-electron chi connectivity index (χ4n) is 3.39. The molecule has 0 radical (unpaired) electrons. The third kappa shape index (κ3) is 4.78. The summed E-state index contributed by atoms with van der Waals surface area (Å²) in [5.74, 6) is 0.450. The van der Waals surface area contributed by atoms with Crippen LogP contribution >= 0.6 is 0 Å². The SMILES string of the molecule is Cc1ccc2occ(CC(=O)Nc3ccc(S(=O)(=O)Nc4cc(C)nc(C)n4)cc3)c2c1. The van der Waals surface area contributed by atoms with Crippen LogP contribution in [0.1, 0.15) is 22.6 Å². The number of hydrogen-bond acceptors (Lipinski definition) is 6. The van der Waals surface area contributed by atoms with Gasteiger partial charge in [0.1, 0.15) is 17.2 Å². The quantitative estimate of drug-likeness (QED) is 0.457. The molecule has 0 aliphatic carbocycles. The van der Waals surface area contributed by atoms with Gasteiger partial charge in [-0.3, -0.25) is 9.52 Å². The molecule has 32 heavy (non-hydrogen) atoms. The molecule has 0 aliphatic rings. The predicted molar refractivity (Wildman–Crippen MR) is 122 cm³/mol. The Hall–Kier alpha value is -3.72. The summed E-state index contributed by atoms with van der Waals surface area (Å²) in [6.45, 7) is 5.43. The first-order valence-corrected chi connectivity index (χ1v) is 11.4. The smallest absolute Gasteiger partial charge is 0.263 e. The number of nitrogens with zero attached hydrogens (tertiary/aromatic N) is 2. The molecule has 0 atom stereocenters. The van der Waals surface area contributed by atoms with Crippen LogP contribution in [-0.2, 0) is 21.2 Å². The molecule has 0 saturated carbocycles. The van der Waals surface area contributed by atoms with Crippen LogP contribution < -0.4 is 10.0 Å². The Morgan fingerprint density at radius 1 is 1.00 bits per heavy atom. The Kier molecular flexibility index (Phi) is 5.67. The van der Waals surface area contributed by atoms with Crippen molar-refractivity contribution in [1.29, 1.82) is 0 Å². The normalized spacial score (nSPS) is 11.5. The molecule has 9 heteroatoms. The minimum atomic E-state index is -3.83. The lowest BCUT2D eigenvalue weighted by atomic mass is 10.1. The van der Waals surface area contributed by atoms with Gasteiger partial charge in [0.05, 0.1) is 17.6 Å². The molecular formula is C23H22N4O4S. The van der Waals surface area contributed by atoms with Crippen molar-refractivity contribution in [1.82, 2.24) is 9.97 Å². The largest absolute Gasteiger partial charge is 0.464 e. The van der Waals surface area contributed by atoms with Gasteiger partial charge < -0.3 is 9.73 Å². The standard InChI is InChI=1S/C23H22N4O4S/c1-14-4-9-21-20(10-14)17(13-31-21)12-23(28)26-18-5-7-19(8-6-18)32(29,30)27-22-11-15(2)24-16(3)25-22/h4-11,13H,12H2,1-3H3,(H,26,28)(H,24,25,27). The van der Waals surface area contributed by atoms with Crippen LogP contribution in [0.5, 0.6) is 0 Å². The molecule has 2 N–H and O–H groups in total. The Morgan fingerprint density at radius 2 is 1.75 bits per heavy atom. The van der Waals surface area contributed by atoms with E-state index in [2.05, 4.69) is 20.0 Å². The minimum Gasteiger partial charge on any atom is -0.464 e. The number of carbonyl (C=O) groups is 1. The van der Waals surface area contributed by atoms with Crippen molar-refractivity contribution in [2.24, 2.45) is 0 Å². The van der Waals surface area contributed by atoms with Gasteiger partial charge in [-0.25, -0.2) is 18.4 Å². The average molecular weight is 451 g/mol. The van der Waals surface area contributed by atoms with Gasteiger partial charge in [-0.15, -0.1) is 0 Å². The van der Waals surface area contributed by atoms with E-state index in [4.69, 9.17) is 4.42 Å². The van der Waals surface area contributed by atoms with Gasteiger partial charge >= 0.3 is 0 Å². The second kappa shape index (κ2) is 8.43. The maximum atomic E-state index is 12.7. The van der Waals surface area contributed by atoms with Crippen molar-refractivity contribution in [2.45, 2.75) is 32.1 Å². The summed E-state index contributed by atoms with van der Waals surface area (Å²) in [5, 5.41) is 3.69. The summed E-state index contributed by atoms with van der Waals surface area (Å²) in [6.07, 6.45) is 1.73. The number of rotatable bonds is 6. The number of benzene rings is 2. The molecule has 2 aromatic heterocycles. The monoisotopic (exact) mass is 450 g/mol. The van der Waals surface area contributed by atoms with E-state index in [0.29, 0.717) is 17.2 Å². The van der Waals surface area contributed by atoms with Crippen molar-refractivity contribution in [3.63, 3.8) is 0 Å². The number of amides is 1. The summed E-state index contributed by atoms with van der Waals surface area (Å²) < 4.78 is 33.3. The van der Waals surface area contributed by atoms with E-state index in [9.17, 15) is 13.2 Å². The molecule has 4 aromatic rings. The minimum absolute atomic E-state index is 0.0562. The summed E-state index contributed by atoms with van der Waals surface area (Å²) in [4.78, 5) is 20.8. The molecule has 0 bridgehead atoms. The lowest BCUT2D eigenvalue weighted by Crippen LogP contribution is -2.16. The summed E-state index contributed by atoms with van der Waals surface area (Å²) in [6, 6.07) is 13.3. The molecule has 2 heterocycles. The average Bonchev–Trinajstić information content (AvgIpc) is 3.09. The first-order valence-electron chi connectivity index (χ1n) is 9.91. The Morgan fingerprint density at radius 3 is 2.47 bits per heavy atom. The highest BCUT2D eigenvalue weighted by atomic mass is 32.2. The van der Waals surface area contributed by atoms with E-state index in [0.717, 1.165) is 22.1 Å². The Labute approximate surface area is 185 Å². The highest BCUT2D eigenvalue weighted by Crippen LogP contribution is 2.23. The number of anilines is 2. The molecule has 164 valence electrons. The van der Waals surface area contributed by atoms with Crippen LogP contribution in [0.15, 0.2) is 64.1 Å². The van der Waals surface area contributed by atoms with Crippen molar-refractivity contribution >= 4 is 38.4 Å². The zero-order valence-corrected chi connectivity index (χ0v) is 18.7. The fraction of sp³-hybridized carbons (Fsp3) is 0.174. The number of aryl methyl sites for hydroxylation is 3. The third-order valence-corrected chi connectivity index (χ3v) is 6.18. The van der Waals surface area contributed by atoms with E-state index < -0.39 is 10.0 Å². The lowest BCUT2D eigenvalue weighted by Gasteiger charge is -2.10. The van der Waals surface area contributed by atoms with Crippen LogP contribution in [-0.4, -0.2) is 24.3 Å². The first-order chi connectivity index (χ1) is 15.2. The van der Waals surface area contributed by atoms with Crippen LogP contribution in [0.3, 0.4) is 0 Å². The number of aromatic nitrogens is 2. The maximum Gasteiger partial charge on any atom is 0.263 e. The molecule has 0 spiro atoms. The Balaban J connectivity index is 1.44. The molecule has 2 aromatic carbocycles. The number of sulfonamides is 1. The van der Waals surface area contributed by atoms with Crippen molar-refractivity contribution in [2.75, 3.05) is 10.0 Å². The van der Waals surface area contributed by atoms with Gasteiger partial charge in [0.2, 0.25) is 5.91 Å². The van der Waals surface area contributed by atoms with E-state index >= 15 is 0 Å². The van der Waals surface area contributed by atoms with Gasteiger partial charge in [-0.05, 0) is 57.2 Å². The fourth-order valence-corrected chi connectivity index (χ4v) is 4.39. The van der Waals surface area contributed by atoms with Crippen LogP contribution in [0.2, 0.25) is 0 Å². The summed E-state index contributed by atoms with van der Waals surface area (Å²) in [7, 11) is -3.83. The third-order valence-electron chi connectivity index (χ3n) is 4.81. The molecule has 1 amide bonds. The molecule has 0 fully saturated rings. The van der Waals surface area contributed by atoms with E-state index in [-0.39, 0.29) is 23.0 Å². The summed E-state index contributed by atoms with van der Waals surface area (Å²) >= 11 is 0. The van der Waals surface area contributed by atoms with Crippen LogP contribution in [0.4, 0.5) is 11.5 Å². The number of hydrogen-bond donors (Lipinski definition) is 2. The van der Waals surface area contributed by atoms with Crippen molar-refractivity contribution in [3.05, 3.63) is 77.4 Å². The van der Waals surface area contributed by atoms with Crippen molar-refractivity contribution in [3.8, 4) is 0 Å². The predicted octanol–water partition coefficient (Wildman–Crippen LogP) is 4.13. The number of furan rings is 1.